The van der Waals surface area contributed by atoms with E-state index in [2.05, 4.69) is 18.7 Å². The molecule has 0 spiro atoms. The van der Waals surface area contributed by atoms with E-state index in [1.807, 2.05) is 6.92 Å². The van der Waals surface area contributed by atoms with Crippen LogP contribution in [-0.2, 0) is 19.1 Å². The molecule has 4 rings (SSSR count). The van der Waals surface area contributed by atoms with E-state index < -0.39 is 0 Å². The van der Waals surface area contributed by atoms with Crippen molar-refractivity contribution in [3.63, 3.8) is 0 Å². The van der Waals surface area contributed by atoms with Gasteiger partial charge in [0.05, 0.1) is 18.4 Å². The van der Waals surface area contributed by atoms with Crippen LogP contribution in [-0.4, -0.2) is 49.2 Å². The van der Waals surface area contributed by atoms with Gasteiger partial charge in [-0.05, 0) is 70.8 Å². The second-order valence-corrected chi connectivity index (χ2v) is 9.68. The number of rotatable bonds is 4. The van der Waals surface area contributed by atoms with Crippen LogP contribution in [0.4, 0.5) is 0 Å². The van der Waals surface area contributed by atoms with E-state index in [0.717, 1.165) is 38.8 Å². The Morgan fingerprint density at radius 2 is 2.18 bits per heavy atom. The Morgan fingerprint density at radius 1 is 1.36 bits per heavy atom. The minimum absolute atomic E-state index is 0.0197. The molecule has 2 aliphatic heterocycles. The van der Waals surface area contributed by atoms with Crippen LogP contribution >= 0.6 is 0 Å². The number of fused-ring (bicyclic) bond motifs is 2. The van der Waals surface area contributed by atoms with Crippen molar-refractivity contribution in [1.29, 1.82) is 0 Å². The van der Waals surface area contributed by atoms with Crippen molar-refractivity contribution in [2.24, 2.45) is 23.2 Å². The summed E-state index contributed by atoms with van der Waals surface area (Å²) in [5.74, 6) is 0.0773. The van der Waals surface area contributed by atoms with Crippen LogP contribution in [0.2, 0.25) is 0 Å². The molecule has 5 heteroatoms. The summed E-state index contributed by atoms with van der Waals surface area (Å²) in [5, 5.41) is 0. The van der Waals surface area contributed by atoms with Gasteiger partial charge >= 0.3 is 11.9 Å². The van der Waals surface area contributed by atoms with Gasteiger partial charge < -0.3 is 14.4 Å². The zero-order valence-corrected chi connectivity index (χ0v) is 17.7. The van der Waals surface area contributed by atoms with Crippen molar-refractivity contribution in [3.8, 4) is 0 Å². The number of nitrogens with zero attached hydrogens (tertiary/aromatic N) is 1. The smallest absolute Gasteiger partial charge is 0.310 e. The molecule has 2 heterocycles. The standard InChI is InChI=1S/C23H35NO4/c1-4-27-21(25)16-8-6-10-24(13-16)14-18-17-11-19-15(2)7-5-9-23(19,3)12-20(17)28-22(18)26/h16-18,20H,4-14H2,1-3H3/t16-,17-,18+,20-,23-/m1/s1. The molecule has 156 valence electrons. The Balaban J connectivity index is 1.45. The van der Waals surface area contributed by atoms with E-state index in [4.69, 9.17) is 9.47 Å². The highest BCUT2D eigenvalue weighted by Crippen LogP contribution is 2.55. The number of hydrogen-bond acceptors (Lipinski definition) is 5. The number of piperidine rings is 1. The summed E-state index contributed by atoms with van der Waals surface area (Å²) in [6, 6.07) is 0. The summed E-state index contributed by atoms with van der Waals surface area (Å²) in [5.41, 5.74) is 3.37. The molecule has 0 aromatic rings. The van der Waals surface area contributed by atoms with Gasteiger partial charge in [0.25, 0.3) is 0 Å². The van der Waals surface area contributed by atoms with Gasteiger partial charge in [0.1, 0.15) is 6.10 Å². The maximum atomic E-state index is 12.8. The number of carbonyl (C=O) groups is 2. The van der Waals surface area contributed by atoms with Gasteiger partial charge in [0.2, 0.25) is 0 Å². The first kappa shape index (κ1) is 19.9. The molecule has 5 atom stereocenters. The first-order valence-corrected chi connectivity index (χ1v) is 11.2. The third-order valence-electron chi connectivity index (χ3n) is 7.76. The van der Waals surface area contributed by atoms with E-state index in [1.54, 1.807) is 11.1 Å². The van der Waals surface area contributed by atoms with Gasteiger partial charge in [-0.25, -0.2) is 0 Å². The van der Waals surface area contributed by atoms with Crippen LogP contribution in [0.1, 0.15) is 65.7 Å². The summed E-state index contributed by atoms with van der Waals surface area (Å²) in [6.45, 7) is 9.33. The molecular weight excluding hydrogens is 354 g/mol. The van der Waals surface area contributed by atoms with Gasteiger partial charge in [0, 0.05) is 19.0 Å². The van der Waals surface area contributed by atoms with E-state index >= 15 is 0 Å². The average molecular weight is 390 g/mol. The normalized spacial score (nSPS) is 38.6. The lowest BCUT2D eigenvalue weighted by molar-refractivity contribution is -0.150. The highest BCUT2D eigenvalue weighted by Gasteiger charge is 2.53. The van der Waals surface area contributed by atoms with Crippen LogP contribution in [0.3, 0.4) is 0 Å². The Bertz CT molecular complexity index is 672. The quantitative estimate of drug-likeness (QED) is 0.542. The molecule has 0 aromatic heterocycles. The summed E-state index contributed by atoms with van der Waals surface area (Å²) >= 11 is 0. The number of likely N-dealkylation sites (tertiary alicyclic amines) is 1. The molecule has 0 unspecified atom stereocenters. The van der Waals surface area contributed by atoms with Gasteiger partial charge in [-0.2, -0.15) is 0 Å². The fourth-order valence-corrected chi connectivity index (χ4v) is 6.27. The molecule has 0 aromatic carbocycles. The van der Waals surface area contributed by atoms with Crippen molar-refractivity contribution in [2.45, 2.75) is 71.8 Å². The first-order chi connectivity index (χ1) is 13.4. The molecule has 4 aliphatic rings. The van der Waals surface area contributed by atoms with Crippen LogP contribution in [0.25, 0.3) is 0 Å². The first-order valence-electron chi connectivity index (χ1n) is 11.2. The van der Waals surface area contributed by atoms with Crippen LogP contribution in [0.15, 0.2) is 11.1 Å². The lowest BCUT2D eigenvalue weighted by Crippen LogP contribution is -2.45. The molecule has 28 heavy (non-hydrogen) atoms. The number of allylic oxidation sites excluding steroid dienone is 2. The number of ether oxygens (including phenoxy) is 2. The third-order valence-corrected chi connectivity index (χ3v) is 7.76. The fourth-order valence-electron chi connectivity index (χ4n) is 6.27. The number of hydrogen-bond donors (Lipinski definition) is 0. The topological polar surface area (TPSA) is 55.8 Å². The zero-order valence-electron chi connectivity index (χ0n) is 17.7. The maximum Gasteiger partial charge on any atom is 0.310 e. The lowest BCUT2D eigenvalue weighted by Gasteiger charge is -2.46. The Kier molecular flexibility index (Phi) is 5.56. The Labute approximate surface area is 168 Å². The molecule has 0 N–H and O–H groups in total. The molecule has 0 radical (unpaired) electrons. The van der Waals surface area contributed by atoms with E-state index in [-0.39, 0.29) is 35.3 Å². The molecule has 3 fully saturated rings. The summed E-state index contributed by atoms with van der Waals surface area (Å²) in [4.78, 5) is 27.2. The molecule has 2 saturated heterocycles. The van der Waals surface area contributed by atoms with Gasteiger partial charge in [-0.3, -0.25) is 9.59 Å². The third kappa shape index (κ3) is 3.62. The minimum Gasteiger partial charge on any atom is -0.466 e. The van der Waals surface area contributed by atoms with Crippen molar-refractivity contribution < 1.29 is 19.1 Å². The van der Waals surface area contributed by atoms with Gasteiger partial charge in [-0.15, -0.1) is 0 Å². The summed E-state index contributed by atoms with van der Waals surface area (Å²) in [7, 11) is 0. The Morgan fingerprint density at radius 3 is 2.96 bits per heavy atom. The van der Waals surface area contributed by atoms with Crippen LogP contribution in [0.5, 0.6) is 0 Å². The maximum absolute atomic E-state index is 12.8. The molecule has 0 amide bonds. The highest BCUT2D eigenvalue weighted by molar-refractivity contribution is 5.76. The minimum atomic E-state index is -0.0875. The molecule has 5 nitrogen and oxygen atoms in total. The fraction of sp³-hybridized carbons (Fsp3) is 0.826. The lowest BCUT2D eigenvalue weighted by atomic mass is 9.59. The van der Waals surface area contributed by atoms with Crippen molar-refractivity contribution in [2.75, 3.05) is 26.2 Å². The monoisotopic (exact) mass is 389 g/mol. The summed E-state index contributed by atoms with van der Waals surface area (Å²) in [6.07, 6.45) is 7.62. The van der Waals surface area contributed by atoms with Crippen molar-refractivity contribution in [1.82, 2.24) is 4.90 Å². The predicted molar refractivity (Wildman–Crippen MR) is 107 cm³/mol. The molecule has 2 aliphatic carbocycles. The molecule has 1 saturated carbocycles. The second kappa shape index (κ2) is 7.81. The molecular formula is C23H35NO4. The number of esters is 2. The van der Waals surface area contributed by atoms with Gasteiger partial charge in [0.15, 0.2) is 0 Å². The van der Waals surface area contributed by atoms with Crippen molar-refractivity contribution in [3.05, 3.63) is 11.1 Å². The molecule has 0 bridgehead atoms. The second-order valence-electron chi connectivity index (χ2n) is 9.68. The van der Waals surface area contributed by atoms with Crippen LogP contribution in [0, 0.1) is 23.2 Å². The van der Waals surface area contributed by atoms with E-state index in [0.29, 0.717) is 19.1 Å². The van der Waals surface area contributed by atoms with E-state index in [9.17, 15) is 9.59 Å². The number of carbonyl (C=O) groups excluding carboxylic acids is 2. The average Bonchev–Trinajstić information content (AvgIpc) is 2.94. The highest BCUT2D eigenvalue weighted by atomic mass is 16.6. The van der Waals surface area contributed by atoms with Crippen LogP contribution < -0.4 is 0 Å². The Hall–Kier alpha value is -1.36. The predicted octanol–water partition coefficient (Wildman–Crippen LogP) is 3.72. The van der Waals surface area contributed by atoms with Crippen molar-refractivity contribution >= 4 is 11.9 Å². The van der Waals surface area contributed by atoms with E-state index in [1.165, 1.54) is 19.3 Å². The van der Waals surface area contributed by atoms with Gasteiger partial charge in [-0.1, -0.05) is 18.1 Å². The summed E-state index contributed by atoms with van der Waals surface area (Å²) < 4.78 is 11.1. The SMILES string of the molecule is CCOC(=O)[C@@H]1CCCN(C[C@@H]2C(=O)O[C@@H]3C[C@@]4(C)CCCC(C)=C4C[C@H]23)C1. The zero-order chi connectivity index (χ0) is 19.9. The largest absolute Gasteiger partial charge is 0.466 e.